The predicted octanol–water partition coefficient (Wildman–Crippen LogP) is 5.72. The third-order valence-corrected chi connectivity index (χ3v) is 5.56. The van der Waals surface area contributed by atoms with E-state index in [-0.39, 0.29) is 6.42 Å². The first-order valence-corrected chi connectivity index (χ1v) is 10.1. The maximum absolute atomic E-state index is 10.7. The van der Waals surface area contributed by atoms with Crippen LogP contribution >= 0.6 is 0 Å². The minimum atomic E-state index is -0.696. The maximum atomic E-state index is 10.7. The van der Waals surface area contributed by atoms with Gasteiger partial charge in [0.1, 0.15) is 0 Å². The van der Waals surface area contributed by atoms with Gasteiger partial charge in [0.25, 0.3) is 0 Å². The summed E-state index contributed by atoms with van der Waals surface area (Å²) in [6.45, 7) is 4.24. The average Bonchev–Trinajstić information content (AvgIpc) is 2.81. The summed E-state index contributed by atoms with van der Waals surface area (Å²) in [4.78, 5) is 10.5. The molecule has 1 fully saturated rings. The fourth-order valence-corrected chi connectivity index (χ4v) is 4.02. The van der Waals surface area contributed by atoms with Gasteiger partial charge in [-0.25, -0.2) is 0 Å². The molecule has 0 unspecified atom stereocenters. The van der Waals surface area contributed by atoms with Gasteiger partial charge in [-0.1, -0.05) is 57.6 Å². The fraction of sp³-hybridized carbons (Fsp3) is 0.857. The highest BCUT2D eigenvalue weighted by atomic mass is 16.4. The molecule has 0 bridgehead atoms. The molecule has 0 radical (unpaired) electrons. The van der Waals surface area contributed by atoms with Crippen LogP contribution in [-0.2, 0) is 4.79 Å². The molecule has 0 aliphatic heterocycles. The lowest BCUT2D eigenvalue weighted by atomic mass is 9.82. The molecule has 0 aromatic heterocycles. The summed E-state index contributed by atoms with van der Waals surface area (Å²) in [7, 11) is 0. The normalized spacial score (nSPS) is 27.1. The lowest BCUT2D eigenvalue weighted by Gasteiger charge is -2.28. The van der Waals surface area contributed by atoms with Crippen molar-refractivity contribution in [2.24, 2.45) is 11.8 Å². The Morgan fingerprint density at radius 2 is 1.83 bits per heavy atom. The van der Waals surface area contributed by atoms with E-state index in [1.54, 1.807) is 0 Å². The van der Waals surface area contributed by atoms with Crippen molar-refractivity contribution in [3.8, 4) is 0 Å². The van der Waals surface area contributed by atoms with Crippen molar-refractivity contribution in [2.45, 2.75) is 103 Å². The van der Waals surface area contributed by atoms with Crippen LogP contribution in [0.2, 0.25) is 0 Å². The molecular weight excluding hydrogens is 300 g/mol. The van der Waals surface area contributed by atoms with Gasteiger partial charge in [-0.3, -0.25) is 4.79 Å². The molecule has 140 valence electrons. The Balaban J connectivity index is 2.29. The standard InChI is InChI=1S/C21H38O3/c1-3-4-5-6-7-10-13-18-16-17-21(2,24)19(18)14-11-8-9-12-15-20(22)23/h10,13,18-19,24H,3-9,11-12,14-17H2,1-2H3,(H,22,23)/t18-,19+,21-/m0/s1. The van der Waals surface area contributed by atoms with Crippen molar-refractivity contribution < 1.29 is 15.0 Å². The summed E-state index contributed by atoms with van der Waals surface area (Å²) < 4.78 is 0. The number of carbonyl (C=O) groups is 1. The molecule has 1 saturated carbocycles. The van der Waals surface area contributed by atoms with Gasteiger partial charge in [0, 0.05) is 6.42 Å². The van der Waals surface area contributed by atoms with Crippen LogP contribution in [0.25, 0.3) is 0 Å². The van der Waals surface area contributed by atoms with E-state index in [0.29, 0.717) is 11.8 Å². The molecular formula is C21H38O3. The van der Waals surface area contributed by atoms with Gasteiger partial charge in [-0.15, -0.1) is 0 Å². The van der Waals surface area contributed by atoms with Crippen LogP contribution in [0.15, 0.2) is 12.2 Å². The van der Waals surface area contributed by atoms with E-state index in [1.807, 2.05) is 6.92 Å². The predicted molar refractivity (Wildman–Crippen MR) is 100 cm³/mol. The molecule has 1 aliphatic rings. The molecule has 3 nitrogen and oxygen atoms in total. The van der Waals surface area contributed by atoms with Crippen molar-refractivity contribution in [3.63, 3.8) is 0 Å². The number of carboxylic acid groups (broad SMARTS) is 1. The van der Waals surface area contributed by atoms with Gasteiger partial charge in [0.05, 0.1) is 5.60 Å². The van der Waals surface area contributed by atoms with Crippen molar-refractivity contribution >= 4 is 5.97 Å². The van der Waals surface area contributed by atoms with Crippen molar-refractivity contribution in [2.75, 3.05) is 0 Å². The summed E-state index contributed by atoms with van der Waals surface area (Å²) in [5.74, 6) is 0.187. The SMILES string of the molecule is CCCCCCC=C[C@H]1CC[C@](C)(O)[C@@H]1CCCCCCC(=O)O. The number of carboxylic acids is 1. The van der Waals surface area contributed by atoms with Gasteiger partial charge in [0.15, 0.2) is 0 Å². The Labute approximate surface area is 148 Å². The third-order valence-electron chi connectivity index (χ3n) is 5.56. The maximum Gasteiger partial charge on any atom is 0.303 e. The van der Waals surface area contributed by atoms with E-state index >= 15 is 0 Å². The Hall–Kier alpha value is -0.830. The quantitative estimate of drug-likeness (QED) is 0.334. The first-order valence-electron chi connectivity index (χ1n) is 10.1. The zero-order chi connectivity index (χ0) is 17.8. The first kappa shape index (κ1) is 21.2. The average molecular weight is 339 g/mol. The van der Waals surface area contributed by atoms with Gasteiger partial charge in [-0.2, -0.15) is 0 Å². The van der Waals surface area contributed by atoms with Crippen LogP contribution in [-0.4, -0.2) is 21.8 Å². The van der Waals surface area contributed by atoms with Crippen molar-refractivity contribution in [3.05, 3.63) is 12.2 Å². The number of aliphatic hydroxyl groups is 1. The smallest absolute Gasteiger partial charge is 0.303 e. The number of aliphatic carboxylic acids is 1. The zero-order valence-corrected chi connectivity index (χ0v) is 15.8. The monoisotopic (exact) mass is 338 g/mol. The lowest BCUT2D eigenvalue weighted by Crippen LogP contribution is -2.31. The summed E-state index contributed by atoms with van der Waals surface area (Å²) in [6, 6.07) is 0. The largest absolute Gasteiger partial charge is 0.481 e. The minimum absolute atomic E-state index is 0.282. The topological polar surface area (TPSA) is 57.5 Å². The van der Waals surface area contributed by atoms with Crippen LogP contribution in [0, 0.1) is 11.8 Å². The molecule has 2 N–H and O–H groups in total. The van der Waals surface area contributed by atoms with Crippen LogP contribution < -0.4 is 0 Å². The van der Waals surface area contributed by atoms with Crippen LogP contribution in [0.1, 0.15) is 97.3 Å². The Bertz CT molecular complexity index is 373. The zero-order valence-electron chi connectivity index (χ0n) is 15.8. The van der Waals surface area contributed by atoms with Gasteiger partial charge in [0.2, 0.25) is 0 Å². The molecule has 1 rings (SSSR count). The van der Waals surface area contributed by atoms with Gasteiger partial charge >= 0.3 is 5.97 Å². The molecule has 24 heavy (non-hydrogen) atoms. The molecule has 3 atom stereocenters. The number of rotatable bonds is 13. The molecule has 3 heteroatoms. The van der Waals surface area contributed by atoms with E-state index in [4.69, 9.17) is 5.11 Å². The fourth-order valence-electron chi connectivity index (χ4n) is 4.02. The molecule has 0 aromatic rings. The minimum Gasteiger partial charge on any atom is -0.481 e. The van der Waals surface area contributed by atoms with Crippen molar-refractivity contribution in [1.82, 2.24) is 0 Å². The summed E-state index contributed by atoms with van der Waals surface area (Å²) in [5, 5.41) is 19.3. The summed E-state index contributed by atoms with van der Waals surface area (Å²) in [5.41, 5.74) is -0.529. The highest BCUT2D eigenvalue weighted by Crippen LogP contribution is 2.43. The second-order valence-corrected chi connectivity index (χ2v) is 7.79. The van der Waals surface area contributed by atoms with E-state index in [9.17, 15) is 9.90 Å². The van der Waals surface area contributed by atoms with Crippen LogP contribution in [0.3, 0.4) is 0 Å². The third kappa shape index (κ3) is 8.32. The number of hydrogen-bond donors (Lipinski definition) is 2. The first-order chi connectivity index (χ1) is 11.5. The summed E-state index contributed by atoms with van der Waals surface area (Å²) in [6.07, 6.45) is 18.4. The highest BCUT2D eigenvalue weighted by Gasteiger charge is 2.41. The highest BCUT2D eigenvalue weighted by molar-refractivity contribution is 5.66. The Morgan fingerprint density at radius 1 is 1.12 bits per heavy atom. The molecule has 0 amide bonds. The second-order valence-electron chi connectivity index (χ2n) is 7.79. The lowest BCUT2D eigenvalue weighted by molar-refractivity contribution is -0.137. The number of allylic oxidation sites excluding steroid dienone is 2. The van der Waals surface area contributed by atoms with E-state index in [1.165, 1.54) is 32.1 Å². The molecule has 0 saturated heterocycles. The number of unbranched alkanes of at least 4 members (excludes halogenated alkanes) is 7. The molecule has 0 spiro atoms. The van der Waals surface area contributed by atoms with E-state index in [0.717, 1.165) is 44.9 Å². The summed E-state index contributed by atoms with van der Waals surface area (Å²) >= 11 is 0. The second kappa shape index (κ2) is 11.7. The van der Waals surface area contributed by atoms with Crippen molar-refractivity contribution in [1.29, 1.82) is 0 Å². The Kier molecular flexibility index (Phi) is 10.3. The molecule has 0 aromatic carbocycles. The van der Waals surface area contributed by atoms with Crippen LogP contribution in [0.4, 0.5) is 0 Å². The van der Waals surface area contributed by atoms with Gasteiger partial charge < -0.3 is 10.2 Å². The molecule has 0 heterocycles. The van der Waals surface area contributed by atoms with Gasteiger partial charge in [-0.05, 0) is 57.3 Å². The number of hydrogen-bond acceptors (Lipinski definition) is 2. The van der Waals surface area contributed by atoms with E-state index < -0.39 is 11.6 Å². The Morgan fingerprint density at radius 3 is 2.54 bits per heavy atom. The van der Waals surface area contributed by atoms with Crippen LogP contribution in [0.5, 0.6) is 0 Å². The molecule has 1 aliphatic carbocycles. The van der Waals surface area contributed by atoms with E-state index in [2.05, 4.69) is 19.1 Å².